The molecule has 1 aliphatic rings. The Bertz CT molecular complexity index is 991. The van der Waals surface area contributed by atoms with E-state index in [0.717, 1.165) is 66.5 Å². The van der Waals surface area contributed by atoms with Crippen LogP contribution in [0.25, 0.3) is 21.5 Å². The van der Waals surface area contributed by atoms with Crippen LogP contribution in [0.5, 0.6) is 5.75 Å². The Morgan fingerprint density at radius 3 is 2.93 bits per heavy atom. The van der Waals surface area contributed by atoms with Crippen LogP contribution >= 0.6 is 11.3 Å². The van der Waals surface area contributed by atoms with Gasteiger partial charge in [-0.05, 0) is 31.2 Å². The van der Waals surface area contributed by atoms with E-state index in [1.54, 1.807) is 7.11 Å². The lowest BCUT2D eigenvalue weighted by molar-refractivity contribution is 0.0374. The van der Waals surface area contributed by atoms with Gasteiger partial charge in [0.1, 0.15) is 16.3 Å². The number of aromatic nitrogens is 2. The molecule has 29 heavy (non-hydrogen) atoms. The van der Waals surface area contributed by atoms with Crippen molar-refractivity contribution in [2.75, 3.05) is 46.5 Å². The minimum absolute atomic E-state index is 0.0234. The molecule has 0 radical (unpaired) electrons. The number of carbonyl (C=O) groups excluding carboxylic acids is 1. The first-order valence-corrected chi connectivity index (χ1v) is 10.7. The Hall–Kier alpha value is -2.42. The molecule has 1 saturated heterocycles. The second kappa shape index (κ2) is 8.94. The normalized spacial score (nSPS) is 15.0. The van der Waals surface area contributed by atoms with Crippen molar-refractivity contribution < 1.29 is 14.3 Å². The number of nitrogens with zero attached hydrogens (tertiary/aromatic N) is 3. The van der Waals surface area contributed by atoms with E-state index in [1.807, 2.05) is 42.1 Å². The number of amides is 1. The first-order valence-electron chi connectivity index (χ1n) is 9.85. The number of carbonyl (C=O) groups is 1. The van der Waals surface area contributed by atoms with Gasteiger partial charge in [0, 0.05) is 37.6 Å². The third-order valence-electron chi connectivity index (χ3n) is 5.12. The van der Waals surface area contributed by atoms with Gasteiger partial charge in [0.05, 0.1) is 25.2 Å². The highest BCUT2D eigenvalue weighted by Gasteiger charge is 2.18. The molecule has 8 heteroatoms. The van der Waals surface area contributed by atoms with Crippen LogP contribution in [-0.2, 0) is 11.8 Å². The number of ether oxygens (including phenoxy) is 2. The summed E-state index contributed by atoms with van der Waals surface area (Å²) in [7, 11) is 3.56. The fraction of sp³-hybridized carbons (Fsp3) is 0.429. The lowest BCUT2D eigenvalue weighted by Gasteiger charge is -2.26. The quantitative estimate of drug-likeness (QED) is 0.602. The average Bonchev–Trinajstić information content (AvgIpc) is 3.32. The van der Waals surface area contributed by atoms with E-state index in [1.165, 1.54) is 11.3 Å². The molecule has 1 amide bonds. The smallest absolute Gasteiger partial charge is 0.261 e. The van der Waals surface area contributed by atoms with Crippen LogP contribution in [0, 0.1) is 0 Å². The highest BCUT2D eigenvalue weighted by molar-refractivity contribution is 7.20. The molecule has 3 heterocycles. The molecule has 0 atom stereocenters. The molecule has 1 aromatic carbocycles. The summed E-state index contributed by atoms with van der Waals surface area (Å²) >= 11 is 1.47. The van der Waals surface area contributed by atoms with E-state index in [-0.39, 0.29) is 5.91 Å². The molecule has 0 unspecified atom stereocenters. The van der Waals surface area contributed by atoms with Gasteiger partial charge in [0.2, 0.25) is 0 Å². The Labute approximate surface area is 174 Å². The summed E-state index contributed by atoms with van der Waals surface area (Å²) in [6.07, 6.45) is 0.938. The number of hydrogen-bond donors (Lipinski definition) is 1. The number of fused-ring (bicyclic) bond motifs is 1. The maximum absolute atomic E-state index is 12.6. The second-order valence-corrected chi connectivity index (χ2v) is 8.13. The van der Waals surface area contributed by atoms with E-state index in [9.17, 15) is 4.79 Å². The molecule has 2 aromatic heterocycles. The number of thiophene rings is 1. The van der Waals surface area contributed by atoms with Gasteiger partial charge in [-0.3, -0.25) is 14.4 Å². The van der Waals surface area contributed by atoms with E-state index < -0.39 is 0 Å². The number of nitrogens with one attached hydrogen (secondary N) is 1. The summed E-state index contributed by atoms with van der Waals surface area (Å²) < 4.78 is 12.5. The van der Waals surface area contributed by atoms with Crippen LogP contribution in [0.15, 0.2) is 30.3 Å². The largest absolute Gasteiger partial charge is 0.497 e. The van der Waals surface area contributed by atoms with E-state index >= 15 is 0 Å². The zero-order valence-corrected chi connectivity index (χ0v) is 17.6. The average molecular weight is 415 g/mol. The summed E-state index contributed by atoms with van der Waals surface area (Å²) in [6.45, 7) is 5.22. The maximum atomic E-state index is 12.6. The molecular formula is C21H26N4O3S. The van der Waals surface area contributed by atoms with E-state index in [2.05, 4.69) is 15.3 Å². The van der Waals surface area contributed by atoms with Gasteiger partial charge in [-0.15, -0.1) is 11.3 Å². The van der Waals surface area contributed by atoms with Crippen molar-refractivity contribution in [3.05, 3.63) is 35.2 Å². The van der Waals surface area contributed by atoms with Gasteiger partial charge in [-0.1, -0.05) is 12.1 Å². The predicted molar refractivity (Wildman–Crippen MR) is 115 cm³/mol. The van der Waals surface area contributed by atoms with Crippen molar-refractivity contribution >= 4 is 27.5 Å². The van der Waals surface area contributed by atoms with Crippen LogP contribution in [-0.4, -0.2) is 67.1 Å². The highest BCUT2D eigenvalue weighted by Crippen LogP contribution is 2.34. The van der Waals surface area contributed by atoms with Crippen LogP contribution in [0.1, 0.15) is 16.1 Å². The molecule has 0 saturated carbocycles. The number of hydrogen-bond acceptors (Lipinski definition) is 6. The zero-order chi connectivity index (χ0) is 20.2. The van der Waals surface area contributed by atoms with Gasteiger partial charge in [-0.2, -0.15) is 5.10 Å². The molecule has 7 nitrogen and oxygen atoms in total. The predicted octanol–water partition coefficient (Wildman–Crippen LogP) is 2.76. The van der Waals surface area contributed by atoms with Crippen LogP contribution in [0.4, 0.5) is 0 Å². The topological polar surface area (TPSA) is 68.6 Å². The maximum Gasteiger partial charge on any atom is 0.261 e. The third-order valence-corrected chi connectivity index (χ3v) is 6.32. The Kier molecular flexibility index (Phi) is 6.13. The highest BCUT2D eigenvalue weighted by atomic mass is 32.1. The Balaban J connectivity index is 1.43. The Morgan fingerprint density at radius 1 is 1.31 bits per heavy atom. The van der Waals surface area contributed by atoms with Gasteiger partial charge in [0.25, 0.3) is 5.91 Å². The SMILES string of the molecule is COc1cccc(-c2nn(C)c3sc(C(=O)NCCCN4CCOCC4)cc23)c1. The molecule has 0 bridgehead atoms. The fourth-order valence-corrected chi connectivity index (χ4v) is 4.54. The molecule has 3 aromatic rings. The lowest BCUT2D eigenvalue weighted by atomic mass is 10.1. The molecule has 1 N–H and O–H groups in total. The van der Waals surface area contributed by atoms with Crippen LogP contribution in [0.2, 0.25) is 0 Å². The van der Waals surface area contributed by atoms with E-state index in [4.69, 9.17) is 9.47 Å². The first kappa shape index (κ1) is 19.9. The molecule has 4 rings (SSSR count). The molecule has 1 fully saturated rings. The molecule has 0 spiro atoms. The number of rotatable bonds is 7. The molecular weight excluding hydrogens is 388 g/mol. The Morgan fingerprint density at radius 2 is 2.14 bits per heavy atom. The summed E-state index contributed by atoms with van der Waals surface area (Å²) in [6, 6.07) is 9.77. The van der Waals surface area contributed by atoms with E-state index in [0.29, 0.717) is 11.4 Å². The van der Waals surface area contributed by atoms with Gasteiger partial charge >= 0.3 is 0 Å². The number of morpholine rings is 1. The third kappa shape index (κ3) is 4.44. The fourth-order valence-electron chi connectivity index (χ4n) is 3.55. The van der Waals surface area contributed by atoms with Gasteiger partial charge in [0.15, 0.2) is 0 Å². The van der Waals surface area contributed by atoms with Crippen molar-refractivity contribution in [1.82, 2.24) is 20.0 Å². The number of benzene rings is 1. The van der Waals surface area contributed by atoms with Crippen molar-refractivity contribution in [2.24, 2.45) is 7.05 Å². The second-order valence-electron chi connectivity index (χ2n) is 7.10. The standard InChI is InChI=1S/C21H26N4O3S/c1-24-21-17(19(23-24)15-5-3-6-16(13-15)27-2)14-18(29-21)20(26)22-7-4-8-25-9-11-28-12-10-25/h3,5-6,13-14H,4,7-12H2,1-2H3,(H,22,26). The minimum atomic E-state index is -0.0234. The first-order chi connectivity index (χ1) is 14.2. The summed E-state index contributed by atoms with van der Waals surface area (Å²) in [4.78, 5) is 16.7. The minimum Gasteiger partial charge on any atom is -0.497 e. The number of aryl methyl sites for hydroxylation is 1. The molecule has 154 valence electrons. The summed E-state index contributed by atoms with van der Waals surface area (Å²) in [5.74, 6) is 0.763. The van der Waals surface area contributed by atoms with Crippen LogP contribution in [0.3, 0.4) is 0 Å². The monoisotopic (exact) mass is 414 g/mol. The zero-order valence-electron chi connectivity index (χ0n) is 16.8. The summed E-state index contributed by atoms with van der Waals surface area (Å²) in [5.41, 5.74) is 1.84. The van der Waals surface area contributed by atoms with Crippen molar-refractivity contribution in [2.45, 2.75) is 6.42 Å². The molecule has 0 aliphatic carbocycles. The van der Waals surface area contributed by atoms with Crippen LogP contribution < -0.4 is 10.1 Å². The molecule has 1 aliphatic heterocycles. The van der Waals surface area contributed by atoms with Gasteiger partial charge in [-0.25, -0.2) is 0 Å². The van der Waals surface area contributed by atoms with Crippen molar-refractivity contribution in [3.8, 4) is 17.0 Å². The van der Waals surface area contributed by atoms with Crippen molar-refractivity contribution in [3.63, 3.8) is 0 Å². The van der Waals surface area contributed by atoms with Gasteiger partial charge < -0.3 is 14.8 Å². The number of methoxy groups -OCH3 is 1. The summed E-state index contributed by atoms with van der Waals surface area (Å²) in [5, 5.41) is 8.69. The van der Waals surface area contributed by atoms with Crippen molar-refractivity contribution in [1.29, 1.82) is 0 Å². The lowest BCUT2D eigenvalue weighted by Crippen LogP contribution is -2.38.